The summed E-state index contributed by atoms with van der Waals surface area (Å²) in [7, 11) is 0. The molecule has 2 bridgehead atoms. The van der Waals surface area contributed by atoms with Gasteiger partial charge in [0.2, 0.25) is 0 Å². The van der Waals surface area contributed by atoms with Gasteiger partial charge in [0.05, 0.1) is 5.56 Å². The number of hydrogen-bond acceptors (Lipinski definition) is 4. The van der Waals surface area contributed by atoms with E-state index in [0.717, 1.165) is 41.4 Å². The number of amides is 1. The third-order valence-electron chi connectivity index (χ3n) is 6.19. The van der Waals surface area contributed by atoms with Crippen LogP contribution in [0, 0.1) is 32.6 Å². The minimum absolute atomic E-state index is 0. The van der Waals surface area contributed by atoms with Gasteiger partial charge in [-0.1, -0.05) is 11.6 Å². The molecule has 3 N–H and O–H groups in total. The first kappa shape index (κ1) is 20.0. The van der Waals surface area contributed by atoms with Crippen molar-refractivity contribution in [2.75, 3.05) is 0 Å². The van der Waals surface area contributed by atoms with Crippen LogP contribution in [0.1, 0.15) is 59.6 Å². The first-order chi connectivity index (χ1) is 12.4. The van der Waals surface area contributed by atoms with Crippen LogP contribution in [0.4, 0.5) is 0 Å². The molecule has 2 aliphatic rings. The normalized spacial score (nSPS) is 27.1. The lowest BCUT2D eigenvalue weighted by molar-refractivity contribution is 0.0755. The van der Waals surface area contributed by atoms with Crippen molar-refractivity contribution in [3.8, 4) is 5.82 Å². The number of nitrogens with two attached hydrogens (primary N) is 1. The zero-order valence-electron chi connectivity index (χ0n) is 16.2. The van der Waals surface area contributed by atoms with Crippen LogP contribution in [0.25, 0.3) is 5.82 Å². The van der Waals surface area contributed by atoms with E-state index in [4.69, 9.17) is 10.3 Å². The average Bonchev–Trinajstić information content (AvgIpc) is 3.11. The first-order valence-electron chi connectivity index (χ1n) is 9.63. The molecular formula is C20H29ClN4O2. The number of fused-ring (bicyclic) bond motifs is 2. The van der Waals surface area contributed by atoms with Crippen molar-refractivity contribution in [1.29, 1.82) is 0 Å². The largest absolute Gasteiger partial charge is 0.360 e. The third-order valence-corrected chi connectivity index (χ3v) is 6.19. The summed E-state index contributed by atoms with van der Waals surface area (Å²) in [6.07, 6.45) is 5.66. The summed E-state index contributed by atoms with van der Waals surface area (Å²) in [4.78, 5) is 13.0. The summed E-state index contributed by atoms with van der Waals surface area (Å²) in [6.45, 7) is 5.82. The summed E-state index contributed by atoms with van der Waals surface area (Å²) in [5.41, 5.74) is 8.80. The van der Waals surface area contributed by atoms with Crippen LogP contribution < -0.4 is 11.1 Å². The molecule has 6 nitrogen and oxygen atoms in total. The van der Waals surface area contributed by atoms with E-state index in [9.17, 15) is 4.79 Å². The van der Waals surface area contributed by atoms with Crippen LogP contribution >= 0.6 is 12.4 Å². The molecule has 0 spiro atoms. The zero-order chi connectivity index (χ0) is 18.4. The molecule has 2 atom stereocenters. The number of carbonyl (C=O) groups excluding carboxylic acids is 1. The lowest BCUT2D eigenvalue weighted by atomic mass is 9.67. The fourth-order valence-electron chi connectivity index (χ4n) is 5.06. The molecule has 0 radical (unpaired) electrons. The van der Waals surface area contributed by atoms with Gasteiger partial charge < -0.3 is 15.6 Å². The van der Waals surface area contributed by atoms with Gasteiger partial charge in [0, 0.05) is 29.5 Å². The van der Waals surface area contributed by atoms with Crippen LogP contribution in [0.5, 0.6) is 0 Å². The topological polar surface area (TPSA) is 86.1 Å². The number of rotatable bonds is 3. The highest BCUT2D eigenvalue weighted by atomic mass is 35.5. The van der Waals surface area contributed by atoms with E-state index in [1.165, 1.54) is 19.3 Å². The maximum atomic E-state index is 13.0. The standard InChI is InChI=1S/C20H28N4O2.ClH/c1-11-7-17(13(3)24(11)18-8-12(2)26-23-18)20(25)22-19-14-5-4-6-15(19)10-16(21)9-14;/h7-8,14-16,19H,4-6,9-10,21H2,1-3H3,(H,22,25);1H. The van der Waals surface area contributed by atoms with E-state index in [0.29, 0.717) is 17.9 Å². The van der Waals surface area contributed by atoms with Gasteiger partial charge in [-0.25, -0.2) is 0 Å². The second-order valence-corrected chi connectivity index (χ2v) is 8.10. The van der Waals surface area contributed by atoms with Crippen LogP contribution in [0.15, 0.2) is 16.7 Å². The minimum Gasteiger partial charge on any atom is -0.360 e. The average molecular weight is 393 g/mol. The van der Waals surface area contributed by atoms with Crippen LogP contribution in [-0.4, -0.2) is 27.7 Å². The number of nitrogens with one attached hydrogen (secondary N) is 1. The van der Waals surface area contributed by atoms with Crippen molar-refractivity contribution >= 4 is 18.3 Å². The molecule has 27 heavy (non-hydrogen) atoms. The van der Waals surface area contributed by atoms with Crippen molar-refractivity contribution < 1.29 is 9.32 Å². The van der Waals surface area contributed by atoms with Crippen LogP contribution in [0.3, 0.4) is 0 Å². The summed E-state index contributed by atoms with van der Waals surface area (Å²) in [5, 5.41) is 7.44. The van der Waals surface area contributed by atoms with E-state index in [2.05, 4.69) is 10.5 Å². The van der Waals surface area contributed by atoms with Crippen molar-refractivity contribution in [1.82, 2.24) is 15.0 Å². The number of aromatic nitrogens is 2. The molecule has 0 saturated heterocycles. The zero-order valence-corrected chi connectivity index (χ0v) is 17.0. The fraction of sp³-hybridized carbons (Fsp3) is 0.600. The Morgan fingerprint density at radius 1 is 1.22 bits per heavy atom. The molecule has 2 fully saturated rings. The van der Waals surface area contributed by atoms with Gasteiger partial charge in [-0.15, -0.1) is 12.4 Å². The highest BCUT2D eigenvalue weighted by Crippen LogP contribution is 2.39. The highest BCUT2D eigenvalue weighted by Gasteiger charge is 2.40. The summed E-state index contributed by atoms with van der Waals surface area (Å²) < 4.78 is 7.17. The quantitative estimate of drug-likeness (QED) is 0.837. The maximum Gasteiger partial charge on any atom is 0.253 e. The number of nitrogens with zero attached hydrogens (tertiary/aromatic N) is 2. The summed E-state index contributed by atoms with van der Waals surface area (Å²) in [5.74, 6) is 2.52. The Labute approximate surface area is 166 Å². The van der Waals surface area contributed by atoms with Crippen molar-refractivity contribution in [3.05, 3.63) is 34.8 Å². The van der Waals surface area contributed by atoms with Crippen molar-refractivity contribution in [3.63, 3.8) is 0 Å². The molecule has 4 rings (SSSR count). The number of halogens is 1. The van der Waals surface area contributed by atoms with Crippen LogP contribution in [-0.2, 0) is 0 Å². The Bertz CT molecular complexity index is 814. The van der Waals surface area contributed by atoms with Gasteiger partial charge in [-0.3, -0.25) is 9.36 Å². The van der Waals surface area contributed by atoms with E-state index >= 15 is 0 Å². The Hall–Kier alpha value is -1.79. The van der Waals surface area contributed by atoms with E-state index in [1.807, 2.05) is 37.5 Å². The summed E-state index contributed by atoms with van der Waals surface area (Å²) in [6, 6.07) is 4.38. The predicted octanol–water partition coefficient (Wildman–Crippen LogP) is 3.45. The van der Waals surface area contributed by atoms with Gasteiger partial charge in [0.15, 0.2) is 5.82 Å². The van der Waals surface area contributed by atoms with Crippen LogP contribution in [0.2, 0.25) is 0 Å². The molecule has 1 amide bonds. The molecule has 2 saturated carbocycles. The monoisotopic (exact) mass is 392 g/mol. The maximum absolute atomic E-state index is 13.0. The third kappa shape index (κ3) is 3.65. The Balaban J connectivity index is 0.00000210. The Morgan fingerprint density at radius 3 is 2.48 bits per heavy atom. The second kappa shape index (κ2) is 7.68. The molecule has 2 aromatic heterocycles. The molecular weight excluding hydrogens is 364 g/mol. The molecule has 0 aliphatic heterocycles. The Kier molecular flexibility index (Phi) is 5.68. The number of aryl methyl sites for hydroxylation is 2. The molecule has 7 heteroatoms. The van der Waals surface area contributed by atoms with Gasteiger partial charge in [0.25, 0.3) is 5.91 Å². The van der Waals surface area contributed by atoms with E-state index in [-0.39, 0.29) is 24.4 Å². The molecule has 2 heterocycles. The Morgan fingerprint density at radius 2 is 1.89 bits per heavy atom. The summed E-state index contributed by atoms with van der Waals surface area (Å²) >= 11 is 0. The number of hydrogen-bond donors (Lipinski definition) is 2. The first-order valence-corrected chi connectivity index (χ1v) is 9.63. The van der Waals surface area contributed by atoms with E-state index < -0.39 is 0 Å². The lowest BCUT2D eigenvalue weighted by Gasteiger charge is -2.45. The molecule has 0 aromatic carbocycles. The molecule has 148 valence electrons. The van der Waals surface area contributed by atoms with Gasteiger partial charge in [-0.05, 0) is 64.4 Å². The minimum atomic E-state index is 0. The number of carbonyl (C=O) groups is 1. The fourth-order valence-corrected chi connectivity index (χ4v) is 5.06. The van der Waals surface area contributed by atoms with Gasteiger partial charge >= 0.3 is 0 Å². The molecule has 2 aliphatic carbocycles. The lowest BCUT2D eigenvalue weighted by Crippen LogP contribution is -2.53. The van der Waals surface area contributed by atoms with Gasteiger partial charge in [0.1, 0.15) is 5.76 Å². The van der Waals surface area contributed by atoms with Gasteiger partial charge in [-0.2, -0.15) is 0 Å². The van der Waals surface area contributed by atoms with Crippen molar-refractivity contribution in [2.24, 2.45) is 17.6 Å². The van der Waals surface area contributed by atoms with Crippen molar-refractivity contribution in [2.45, 2.75) is 65.0 Å². The smallest absolute Gasteiger partial charge is 0.253 e. The molecule has 2 unspecified atom stereocenters. The predicted molar refractivity (Wildman–Crippen MR) is 107 cm³/mol. The SMILES string of the molecule is Cc1cc(-n2c(C)cc(C(=O)NC3C4CCCC3CC(N)C4)c2C)no1.Cl. The van der Waals surface area contributed by atoms with E-state index in [1.54, 1.807) is 0 Å². The molecule has 2 aromatic rings. The second-order valence-electron chi connectivity index (χ2n) is 8.10. The highest BCUT2D eigenvalue weighted by molar-refractivity contribution is 5.96.